The molecular weight excluding hydrogens is 314 g/mol. The number of halogens is 6. The Bertz CT molecular complexity index is 356. The molecule has 0 aromatic heterocycles. The predicted octanol–water partition coefficient (Wildman–Crippen LogP) is 1.58. The fourth-order valence-electron chi connectivity index (χ4n) is 1.38. The highest BCUT2D eigenvalue weighted by Gasteiger charge is 2.78. The number of aliphatic hydroxyl groups is 1. The van der Waals surface area contributed by atoms with Crippen molar-refractivity contribution in [2.24, 2.45) is 5.92 Å². The molecule has 0 aliphatic heterocycles. The van der Waals surface area contributed by atoms with Crippen molar-refractivity contribution in [3.63, 3.8) is 0 Å². The van der Waals surface area contributed by atoms with Crippen LogP contribution in [0.4, 0.5) is 26.3 Å². The molecule has 0 fully saturated rings. The molecule has 0 spiro atoms. The number of alkyl halides is 6. The number of rotatable bonds is 5. The average molecular weight is 326 g/mol. The zero-order chi connectivity index (χ0) is 17.1. The van der Waals surface area contributed by atoms with Crippen LogP contribution in [-0.2, 0) is 19.1 Å². The van der Waals surface area contributed by atoms with Crippen LogP contribution in [-0.4, -0.2) is 48.2 Å². The molecule has 0 radical (unpaired) electrons. The minimum absolute atomic E-state index is 0.597. The SMILES string of the molecule is CCOC(=O)C(C(=O)OCC)C(O)(C(F)(F)F)C(F)(F)F. The first kappa shape index (κ1) is 19.5. The molecule has 5 nitrogen and oxygen atoms in total. The van der Waals surface area contributed by atoms with E-state index < -0.39 is 49.0 Å². The van der Waals surface area contributed by atoms with Gasteiger partial charge >= 0.3 is 24.3 Å². The molecule has 0 aliphatic rings. The lowest BCUT2D eigenvalue weighted by Gasteiger charge is -2.35. The van der Waals surface area contributed by atoms with Crippen molar-refractivity contribution in [1.82, 2.24) is 0 Å². The van der Waals surface area contributed by atoms with Crippen molar-refractivity contribution in [3.8, 4) is 0 Å². The van der Waals surface area contributed by atoms with Gasteiger partial charge in [0.1, 0.15) is 0 Å². The molecule has 0 rings (SSSR count). The molecular formula is C10H12F6O5. The lowest BCUT2D eigenvalue weighted by molar-refractivity contribution is -0.379. The van der Waals surface area contributed by atoms with Crippen LogP contribution in [0.1, 0.15) is 13.8 Å². The second kappa shape index (κ2) is 6.50. The third kappa shape index (κ3) is 3.77. The number of esters is 2. The molecule has 0 aliphatic carbocycles. The van der Waals surface area contributed by atoms with Gasteiger partial charge in [-0.1, -0.05) is 0 Å². The minimum atomic E-state index is -6.35. The van der Waals surface area contributed by atoms with Crippen LogP contribution < -0.4 is 0 Å². The lowest BCUT2D eigenvalue weighted by atomic mass is 9.85. The van der Waals surface area contributed by atoms with Crippen LogP contribution in [0.3, 0.4) is 0 Å². The Balaban J connectivity index is 6.05. The summed E-state index contributed by atoms with van der Waals surface area (Å²) in [6.45, 7) is 1.00. The summed E-state index contributed by atoms with van der Waals surface area (Å²) in [5, 5.41) is 9.09. The Morgan fingerprint density at radius 2 is 1.19 bits per heavy atom. The Morgan fingerprint density at radius 1 is 0.905 bits per heavy atom. The van der Waals surface area contributed by atoms with E-state index in [-0.39, 0.29) is 0 Å². The van der Waals surface area contributed by atoms with Gasteiger partial charge in [0.2, 0.25) is 5.92 Å². The van der Waals surface area contributed by atoms with E-state index in [1.807, 2.05) is 0 Å². The number of carbonyl (C=O) groups is 2. The lowest BCUT2D eigenvalue weighted by Crippen LogP contribution is -2.65. The van der Waals surface area contributed by atoms with Crippen LogP contribution in [0, 0.1) is 5.92 Å². The van der Waals surface area contributed by atoms with E-state index in [9.17, 15) is 35.9 Å². The van der Waals surface area contributed by atoms with E-state index in [4.69, 9.17) is 5.11 Å². The standard InChI is InChI=1S/C10H12F6O5/c1-3-20-6(17)5(7(18)21-4-2)8(19,9(11,12)13)10(14,15)16/h5,19H,3-4H2,1-2H3. The van der Waals surface area contributed by atoms with Gasteiger partial charge in [0.25, 0.3) is 5.60 Å². The molecule has 0 unspecified atom stereocenters. The van der Waals surface area contributed by atoms with E-state index in [2.05, 4.69) is 9.47 Å². The van der Waals surface area contributed by atoms with E-state index in [0.29, 0.717) is 0 Å². The fraction of sp³-hybridized carbons (Fsp3) is 0.800. The summed E-state index contributed by atoms with van der Waals surface area (Å²) in [6.07, 6.45) is -12.7. The Morgan fingerprint density at radius 3 is 1.38 bits per heavy atom. The molecule has 0 saturated heterocycles. The number of ether oxygens (including phenoxy) is 2. The highest BCUT2D eigenvalue weighted by molar-refractivity contribution is 5.96. The van der Waals surface area contributed by atoms with Gasteiger partial charge in [-0.25, -0.2) is 0 Å². The second-order valence-corrected chi connectivity index (χ2v) is 3.70. The maximum absolute atomic E-state index is 12.7. The van der Waals surface area contributed by atoms with E-state index in [1.165, 1.54) is 0 Å². The maximum atomic E-state index is 12.7. The first-order chi connectivity index (χ1) is 9.34. The number of carbonyl (C=O) groups excluding carboxylic acids is 2. The van der Waals surface area contributed by atoms with Crippen molar-refractivity contribution in [2.75, 3.05) is 13.2 Å². The summed E-state index contributed by atoms with van der Waals surface area (Å²) in [5.41, 5.74) is -5.61. The second-order valence-electron chi connectivity index (χ2n) is 3.70. The van der Waals surface area contributed by atoms with Gasteiger partial charge in [-0.05, 0) is 13.8 Å². The normalized spacial score (nSPS) is 13.2. The monoisotopic (exact) mass is 326 g/mol. The van der Waals surface area contributed by atoms with Crippen molar-refractivity contribution < 1.29 is 50.5 Å². The van der Waals surface area contributed by atoms with Crippen LogP contribution in [0.25, 0.3) is 0 Å². The summed E-state index contributed by atoms with van der Waals surface area (Å²) >= 11 is 0. The highest BCUT2D eigenvalue weighted by Crippen LogP contribution is 2.48. The molecule has 0 atom stereocenters. The highest BCUT2D eigenvalue weighted by atomic mass is 19.4. The van der Waals surface area contributed by atoms with Gasteiger partial charge < -0.3 is 14.6 Å². The molecule has 0 aromatic rings. The Kier molecular flexibility index (Phi) is 6.03. The van der Waals surface area contributed by atoms with E-state index in [1.54, 1.807) is 0 Å². The summed E-state index contributed by atoms with van der Waals surface area (Å²) < 4.78 is 84.0. The average Bonchev–Trinajstić information content (AvgIpc) is 2.26. The van der Waals surface area contributed by atoms with E-state index in [0.717, 1.165) is 13.8 Å². The topological polar surface area (TPSA) is 72.8 Å². The fourth-order valence-corrected chi connectivity index (χ4v) is 1.38. The molecule has 0 aromatic carbocycles. The summed E-state index contributed by atoms with van der Waals surface area (Å²) in [5.74, 6) is -8.00. The molecule has 1 N–H and O–H groups in total. The molecule has 0 amide bonds. The molecule has 11 heteroatoms. The van der Waals surface area contributed by atoms with Gasteiger partial charge in [0.15, 0.2) is 0 Å². The third-order valence-corrected chi connectivity index (χ3v) is 2.33. The summed E-state index contributed by atoms with van der Waals surface area (Å²) in [4.78, 5) is 22.6. The van der Waals surface area contributed by atoms with Gasteiger partial charge in [0.05, 0.1) is 13.2 Å². The van der Waals surface area contributed by atoms with E-state index >= 15 is 0 Å². The number of hydrogen-bond acceptors (Lipinski definition) is 5. The summed E-state index contributed by atoms with van der Waals surface area (Å²) in [6, 6.07) is 0. The molecule has 0 heterocycles. The quantitative estimate of drug-likeness (QED) is 0.472. The van der Waals surface area contributed by atoms with Crippen molar-refractivity contribution in [2.45, 2.75) is 31.8 Å². The van der Waals surface area contributed by atoms with Crippen LogP contribution in [0.2, 0.25) is 0 Å². The van der Waals surface area contributed by atoms with Crippen LogP contribution in [0.15, 0.2) is 0 Å². The Hall–Kier alpha value is -1.52. The van der Waals surface area contributed by atoms with Gasteiger partial charge in [0, 0.05) is 0 Å². The molecule has 124 valence electrons. The summed E-state index contributed by atoms with van der Waals surface area (Å²) in [7, 11) is 0. The van der Waals surface area contributed by atoms with Crippen LogP contribution >= 0.6 is 0 Å². The van der Waals surface area contributed by atoms with Gasteiger partial charge in [-0.15, -0.1) is 0 Å². The number of hydrogen-bond donors (Lipinski definition) is 1. The van der Waals surface area contributed by atoms with Gasteiger partial charge in [-0.2, -0.15) is 26.3 Å². The Labute approximate surface area is 114 Å². The molecule has 0 saturated carbocycles. The van der Waals surface area contributed by atoms with Crippen molar-refractivity contribution >= 4 is 11.9 Å². The van der Waals surface area contributed by atoms with Crippen molar-refractivity contribution in [1.29, 1.82) is 0 Å². The van der Waals surface area contributed by atoms with Crippen LogP contribution in [0.5, 0.6) is 0 Å². The molecule has 0 bridgehead atoms. The molecule has 21 heavy (non-hydrogen) atoms. The maximum Gasteiger partial charge on any atom is 0.427 e. The first-order valence-electron chi connectivity index (χ1n) is 5.53. The van der Waals surface area contributed by atoms with Gasteiger partial charge in [-0.3, -0.25) is 9.59 Å². The smallest absolute Gasteiger partial charge is 0.427 e. The minimum Gasteiger partial charge on any atom is -0.465 e. The predicted molar refractivity (Wildman–Crippen MR) is 53.8 cm³/mol. The largest absolute Gasteiger partial charge is 0.465 e. The zero-order valence-corrected chi connectivity index (χ0v) is 10.8. The zero-order valence-electron chi connectivity index (χ0n) is 10.8. The van der Waals surface area contributed by atoms with Crippen molar-refractivity contribution in [3.05, 3.63) is 0 Å². The first-order valence-corrected chi connectivity index (χ1v) is 5.53. The third-order valence-electron chi connectivity index (χ3n) is 2.33.